The fourth-order valence-electron chi connectivity index (χ4n) is 2.17. The summed E-state index contributed by atoms with van der Waals surface area (Å²) in [6.07, 6.45) is 1.20. The number of ether oxygens (including phenoxy) is 1. The minimum atomic E-state index is -0.440. The number of rotatable bonds is 6. The van der Waals surface area contributed by atoms with Gasteiger partial charge >= 0.3 is 0 Å². The number of nitrogens with zero attached hydrogens (tertiary/aromatic N) is 2. The van der Waals surface area contributed by atoms with Gasteiger partial charge < -0.3 is 24.9 Å². The smallest absolute Gasteiger partial charge is 0.191 e. The van der Waals surface area contributed by atoms with Gasteiger partial charge in [0.25, 0.3) is 0 Å². The van der Waals surface area contributed by atoms with Gasteiger partial charge in [0.1, 0.15) is 5.76 Å². The van der Waals surface area contributed by atoms with Gasteiger partial charge in [-0.1, -0.05) is 0 Å². The number of β-amino-alcohol motifs (C(OH)–C–C–N with tert-alkyl or cyclic N) is 1. The van der Waals surface area contributed by atoms with E-state index in [0.29, 0.717) is 25.6 Å². The number of guanidine groups is 1. The fourth-order valence-corrected chi connectivity index (χ4v) is 2.17. The second-order valence-corrected chi connectivity index (χ2v) is 4.95. The van der Waals surface area contributed by atoms with Crippen LogP contribution in [-0.4, -0.2) is 68.5 Å². The lowest BCUT2D eigenvalue weighted by molar-refractivity contribution is 0.0156. The first-order valence-electron chi connectivity index (χ1n) is 7.23. The highest BCUT2D eigenvalue weighted by atomic mass is 16.5. The summed E-state index contributed by atoms with van der Waals surface area (Å²) < 4.78 is 10.5. The number of morpholine rings is 1. The van der Waals surface area contributed by atoms with Gasteiger partial charge in [-0.3, -0.25) is 9.89 Å². The molecule has 2 heterocycles. The van der Waals surface area contributed by atoms with Gasteiger partial charge in [0, 0.05) is 33.2 Å². The monoisotopic (exact) mass is 296 g/mol. The highest BCUT2D eigenvalue weighted by Crippen LogP contribution is 1.99. The largest absolute Gasteiger partial charge is 0.467 e. The van der Waals surface area contributed by atoms with Crippen LogP contribution in [0.5, 0.6) is 0 Å². The quantitative estimate of drug-likeness (QED) is 0.491. The minimum absolute atomic E-state index is 0.440. The van der Waals surface area contributed by atoms with Crippen molar-refractivity contribution in [1.29, 1.82) is 0 Å². The predicted molar refractivity (Wildman–Crippen MR) is 80.2 cm³/mol. The van der Waals surface area contributed by atoms with Crippen molar-refractivity contribution >= 4 is 5.96 Å². The fraction of sp³-hybridized carbons (Fsp3) is 0.643. The van der Waals surface area contributed by atoms with E-state index >= 15 is 0 Å². The predicted octanol–water partition coefficient (Wildman–Crippen LogP) is -0.362. The highest BCUT2D eigenvalue weighted by molar-refractivity contribution is 5.79. The van der Waals surface area contributed by atoms with Crippen LogP contribution in [0.3, 0.4) is 0 Å². The van der Waals surface area contributed by atoms with Gasteiger partial charge in [0.15, 0.2) is 5.96 Å². The molecule has 1 unspecified atom stereocenters. The molecule has 7 nitrogen and oxygen atoms in total. The van der Waals surface area contributed by atoms with Crippen molar-refractivity contribution in [3.8, 4) is 0 Å². The Bertz CT molecular complexity index is 416. The first-order valence-corrected chi connectivity index (χ1v) is 7.23. The van der Waals surface area contributed by atoms with Gasteiger partial charge in [-0.15, -0.1) is 0 Å². The summed E-state index contributed by atoms with van der Waals surface area (Å²) in [4.78, 5) is 6.32. The number of aliphatic hydroxyl groups excluding tert-OH is 1. The zero-order chi connectivity index (χ0) is 14.9. The second-order valence-electron chi connectivity index (χ2n) is 4.95. The van der Waals surface area contributed by atoms with Crippen LogP contribution in [0, 0.1) is 0 Å². The Kier molecular flexibility index (Phi) is 6.52. The molecule has 7 heteroatoms. The molecule has 21 heavy (non-hydrogen) atoms. The van der Waals surface area contributed by atoms with Crippen LogP contribution in [0.1, 0.15) is 5.76 Å². The first kappa shape index (κ1) is 15.8. The van der Waals surface area contributed by atoms with Gasteiger partial charge in [0.2, 0.25) is 0 Å². The van der Waals surface area contributed by atoms with E-state index in [1.807, 2.05) is 12.1 Å². The molecule has 1 aliphatic heterocycles. The summed E-state index contributed by atoms with van der Waals surface area (Å²) in [6.45, 7) is 4.90. The van der Waals surface area contributed by atoms with Crippen LogP contribution < -0.4 is 10.6 Å². The van der Waals surface area contributed by atoms with Crippen molar-refractivity contribution in [3.63, 3.8) is 0 Å². The van der Waals surface area contributed by atoms with Crippen molar-refractivity contribution in [3.05, 3.63) is 24.2 Å². The summed E-state index contributed by atoms with van der Waals surface area (Å²) in [7, 11) is 1.70. The molecule has 0 radical (unpaired) electrons. The topological polar surface area (TPSA) is 82.3 Å². The molecule has 0 spiro atoms. The van der Waals surface area contributed by atoms with E-state index in [4.69, 9.17) is 9.15 Å². The van der Waals surface area contributed by atoms with E-state index in [-0.39, 0.29) is 0 Å². The number of aliphatic imine (C=N–C) groups is 1. The molecule has 118 valence electrons. The molecular formula is C14H24N4O3. The summed E-state index contributed by atoms with van der Waals surface area (Å²) in [5.74, 6) is 1.49. The standard InChI is InChI=1S/C14H24N4O3/c1-15-14(17-10-13-3-2-6-21-13)16-9-12(19)11-18-4-7-20-8-5-18/h2-3,6,12,19H,4-5,7-11H2,1H3,(H2,15,16,17). The highest BCUT2D eigenvalue weighted by Gasteiger charge is 2.15. The van der Waals surface area contributed by atoms with E-state index in [1.54, 1.807) is 13.3 Å². The Balaban J connectivity index is 1.64. The Morgan fingerprint density at radius 2 is 2.24 bits per heavy atom. The Morgan fingerprint density at radius 1 is 1.43 bits per heavy atom. The maximum atomic E-state index is 10.1. The van der Waals surface area contributed by atoms with Crippen molar-refractivity contribution in [2.24, 2.45) is 4.99 Å². The Hall–Kier alpha value is -1.57. The Morgan fingerprint density at radius 3 is 2.90 bits per heavy atom. The van der Waals surface area contributed by atoms with E-state index in [2.05, 4.69) is 20.5 Å². The van der Waals surface area contributed by atoms with Crippen LogP contribution >= 0.6 is 0 Å². The molecular weight excluding hydrogens is 272 g/mol. The third-order valence-corrected chi connectivity index (χ3v) is 3.31. The molecule has 1 atom stereocenters. The summed E-state index contributed by atoms with van der Waals surface area (Å²) >= 11 is 0. The molecule has 0 bridgehead atoms. The molecule has 0 aromatic carbocycles. The van der Waals surface area contributed by atoms with E-state index in [0.717, 1.165) is 32.1 Å². The number of hydrogen-bond acceptors (Lipinski definition) is 5. The van der Waals surface area contributed by atoms with Crippen molar-refractivity contribution in [2.45, 2.75) is 12.6 Å². The zero-order valence-corrected chi connectivity index (χ0v) is 12.4. The lowest BCUT2D eigenvalue weighted by atomic mass is 10.3. The van der Waals surface area contributed by atoms with Crippen molar-refractivity contribution in [2.75, 3.05) is 46.4 Å². The molecule has 0 amide bonds. The number of hydrogen-bond donors (Lipinski definition) is 3. The molecule has 2 rings (SSSR count). The van der Waals surface area contributed by atoms with E-state index < -0.39 is 6.10 Å². The minimum Gasteiger partial charge on any atom is -0.467 e. The molecule has 1 fully saturated rings. The van der Waals surface area contributed by atoms with Crippen LogP contribution in [0.25, 0.3) is 0 Å². The second kappa shape index (κ2) is 8.66. The summed E-state index contributed by atoms with van der Waals surface area (Å²) in [5.41, 5.74) is 0. The number of nitrogens with one attached hydrogen (secondary N) is 2. The molecule has 1 aliphatic rings. The summed E-state index contributed by atoms with van der Waals surface area (Å²) in [5, 5.41) is 16.3. The van der Waals surface area contributed by atoms with E-state index in [1.165, 1.54) is 0 Å². The molecule has 3 N–H and O–H groups in total. The van der Waals surface area contributed by atoms with Crippen LogP contribution in [0.2, 0.25) is 0 Å². The Labute approximate surface area is 125 Å². The van der Waals surface area contributed by atoms with Crippen molar-refractivity contribution in [1.82, 2.24) is 15.5 Å². The average Bonchev–Trinajstić information content (AvgIpc) is 3.02. The van der Waals surface area contributed by atoms with Gasteiger partial charge in [-0.25, -0.2) is 0 Å². The molecule has 1 saturated heterocycles. The normalized spacial score (nSPS) is 18.5. The molecule has 0 aliphatic carbocycles. The first-order chi connectivity index (χ1) is 10.3. The van der Waals surface area contributed by atoms with Gasteiger partial charge in [-0.2, -0.15) is 0 Å². The van der Waals surface area contributed by atoms with Crippen molar-refractivity contribution < 1.29 is 14.3 Å². The lowest BCUT2D eigenvalue weighted by Gasteiger charge is -2.28. The average molecular weight is 296 g/mol. The SMILES string of the molecule is CN=C(NCc1ccco1)NCC(O)CN1CCOCC1. The van der Waals surface area contributed by atoms with Gasteiger partial charge in [0.05, 0.1) is 32.1 Å². The maximum absolute atomic E-state index is 10.1. The lowest BCUT2D eigenvalue weighted by Crippen LogP contribution is -2.46. The molecule has 0 saturated carbocycles. The molecule has 1 aromatic heterocycles. The third kappa shape index (κ3) is 5.74. The number of furan rings is 1. The third-order valence-electron chi connectivity index (χ3n) is 3.31. The van der Waals surface area contributed by atoms with E-state index in [9.17, 15) is 5.11 Å². The van der Waals surface area contributed by atoms with Crippen LogP contribution in [0.4, 0.5) is 0 Å². The van der Waals surface area contributed by atoms with Crippen LogP contribution in [-0.2, 0) is 11.3 Å². The maximum Gasteiger partial charge on any atom is 0.191 e. The summed E-state index contributed by atoms with van der Waals surface area (Å²) in [6, 6.07) is 3.74. The molecule has 1 aromatic rings. The van der Waals surface area contributed by atoms with Crippen LogP contribution in [0.15, 0.2) is 27.8 Å². The van der Waals surface area contributed by atoms with Gasteiger partial charge in [-0.05, 0) is 12.1 Å². The zero-order valence-electron chi connectivity index (χ0n) is 12.4. The number of aliphatic hydroxyl groups is 1.